The summed E-state index contributed by atoms with van der Waals surface area (Å²) >= 11 is 0. The molecule has 0 aliphatic heterocycles. The third-order valence-electron chi connectivity index (χ3n) is 4.17. The molecule has 0 N–H and O–H groups in total. The Bertz CT molecular complexity index is 857. The van der Waals surface area contributed by atoms with Crippen LogP contribution in [0.2, 0.25) is 0 Å². The van der Waals surface area contributed by atoms with Crippen molar-refractivity contribution in [3.63, 3.8) is 0 Å². The number of rotatable bonds is 1. The van der Waals surface area contributed by atoms with Gasteiger partial charge in [0, 0.05) is 11.1 Å². The Morgan fingerprint density at radius 2 is 1.38 bits per heavy atom. The molecule has 0 saturated carbocycles. The van der Waals surface area contributed by atoms with Crippen LogP contribution in [0.3, 0.4) is 0 Å². The van der Waals surface area contributed by atoms with Gasteiger partial charge in [-0.15, -0.1) is 0 Å². The number of alkyl halides is 6. The number of benzene rings is 2. The summed E-state index contributed by atoms with van der Waals surface area (Å²) in [7, 11) is 0. The Labute approximate surface area is 145 Å². The summed E-state index contributed by atoms with van der Waals surface area (Å²) in [6.07, 6.45) is -7.97. The first-order chi connectivity index (χ1) is 12.1. The average molecular weight is 370 g/mol. The average Bonchev–Trinajstić information content (AvgIpc) is 2.56. The highest BCUT2D eigenvalue weighted by molar-refractivity contribution is 6.13. The molecule has 26 heavy (non-hydrogen) atoms. The monoisotopic (exact) mass is 370 g/mol. The third kappa shape index (κ3) is 3.66. The molecular weight excluding hydrogens is 358 g/mol. The van der Waals surface area contributed by atoms with Crippen molar-refractivity contribution in [1.82, 2.24) is 0 Å². The second-order valence-corrected chi connectivity index (χ2v) is 6.00. The van der Waals surface area contributed by atoms with Crippen LogP contribution in [-0.2, 0) is 18.8 Å². The predicted octanol–water partition coefficient (Wildman–Crippen LogP) is 5.94. The van der Waals surface area contributed by atoms with Crippen molar-refractivity contribution in [1.29, 1.82) is 0 Å². The lowest BCUT2D eigenvalue weighted by atomic mass is 9.86. The molecule has 2 aromatic rings. The van der Waals surface area contributed by atoms with E-state index in [0.29, 0.717) is 24.1 Å². The molecule has 0 unspecified atom stereocenters. The topological polar surface area (TPSA) is 17.1 Å². The molecule has 1 aliphatic rings. The zero-order chi connectivity index (χ0) is 19.1. The normalized spacial score (nSPS) is 16.7. The summed E-state index contributed by atoms with van der Waals surface area (Å²) in [6.45, 7) is 0. The van der Waals surface area contributed by atoms with Gasteiger partial charge in [-0.1, -0.05) is 24.3 Å². The number of Topliss-reactive ketones (excluding diaryl/α,β-unsaturated/α-hetero) is 1. The fraction of sp³-hybridized carbons (Fsp3) is 0.211. The molecule has 136 valence electrons. The Hall–Kier alpha value is -2.57. The highest BCUT2D eigenvalue weighted by Gasteiger charge is 2.36. The quantitative estimate of drug-likeness (QED) is 0.449. The summed E-state index contributed by atoms with van der Waals surface area (Å²) in [4.78, 5) is 12.5. The van der Waals surface area contributed by atoms with Gasteiger partial charge in [0.1, 0.15) is 0 Å². The smallest absolute Gasteiger partial charge is 0.289 e. The van der Waals surface area contributed by atoms with Gasteiger partial charge in [-0.2, -0.15) is 26.3 Å². The minimum absolute atomic E-state index is 0.0694. The Kier molecular flexibility index (Phi) is 4.42. The fourth-order valence-corrected chi connectivity index (χ4v) is 2.92. The summed E-state index contributed by atoms with van der Waals surface area (Å²) in [5.74, 6) is -0.377. The van der Waals surface area contributed by atoms with Crippen molar-refractivity contribution in [2.75, 3.05) is 0 Å². The number of carbonyl (C=O) groups is 1. The Balaban J connectivity index is 2.07. The number of aryl methyl sites for hydroxylation is 1. The van der Waals surface area contributed by atoms with Gasteiger partial charge in [0.2, 0.25) is 0 Å². The van der Waals surface area contributed by atoms with Gasteiger partial charge >= 0.3 is 12.4 Å². The molecule has 0 atom stereocenters. The van der Waals surface area contributed by atoms with Gasteiger partial charge in [0.25, 0.3) is 0 Å². The van der Waals surface area contributed by atoms with Crippen LogP contribution in [0.25, 0.3) is 6.08 Å². The van der Waals surface area contributed by atoms with Gasteiger partial charge < -0.3 is 0 Å². The molecule has 3 rings (SSSR count). The molecule has 0 heterocycles. The van der Waals surface area contributed by atoms with Crippen molar-refractivity contribution in [2.45, 2.75) is 25.2 Å². The zero-order valence-electron chi connectivity index (χ0n) is 13.2. The molecule has 0 fully saturated rings. The molecule has 0 spiro atoms. The maximum Gasteiger partial charge on any atom is 0.416 e. The molecule has 0 radical (unpaired) electrons. The van der Waals surface area contributed by atoms with Crippen molar-refractivity contribution >= 4 is 11.9 Å². The minimum Gasteiger partial charge on any atom is -0.289 e. The second kappa shape index (κ2) is 6.30. The van der Waals surface area contributed by atoms with Crippen LogP contribution >= 0.6 is 0 Å². The summed E-state index contributed by atoms with van der Waals surface area (Å²) in [5, 5.41) is 0. The summed E-state index contributed by atoms with van der Waals surface area (Å²) in [5.41, 5.74) is -1.67. The third-order valence-corrected chi connectivity index (χ3v) is 4.17. The molecular formula is C19H12F6O. The van der Waals surface area contributed by atoms with E-state index in [2.05, 4.69) is 0 Å². The van der Waals surface area contributed by atoms with Gasteiger partial charge in [-0.3, -0.25) is 4.79 Å². The van der Waals surface area contributed by atoms with E-state index in [9.17, 15) is 31.1 Å². The standard InChI is InChI=1S/C19H12F6O/c20-18(21,22)14-8-11(9-15(10-14)19(23,24)25)7-13-6-5-12-3-1-2-4-16(12)17(13)26/h1-4,7-10H,5-6H2. The highest BCUT2D eigenvalue weighted by atomic mass is 19.4. The molecule has 1 nitrogen and oxygen atoms in total. The van der Waals surface area contributed by atoms with E-state index in [0.717, 1.165) is 11.6 Å². The lowest BCUT2D eigenvalue weighted by Crippen LogP contribution is -2.14. The molecule has 1 aliphatic carbocycles. The van der Waals surface area contributed by atoms with Crippen molar-refractivity contribution < 1.29 is 31.1 Å². The zero-order valence-corrected chi connectivity index (χ0v) is 13.2. The second-order valence-electron chi connectivity index (χ2n) is 6.00. The summed E-state index contributed by atoms with van der Waals surface area (Å²) in [6, 6.07) is 8.11. The van der Waals surface area contributed by atoms with Crippen molar-refractivity contribution in [2.24, 2.45) is 0 Å². The van der Waals surface area contributed by atoms with E-state index in [1.54, 1.807) is 24.3 Å². The number of ketones is 1. The van der Waals surface area contributed by atoms with Gasteiger partial charge in [-0.05, 0) is 48.2 Å². The number of halogens is 6. The van der Waals surface area contributed by atoms with Crippen LogP contribution < -0.4 is 0 Å². The van der Waals surface area contributed by atoms with E-state index < -0.39 is 23.5 Å². The van der Waals surface area contributed by atoms with Crippen LogP contribution in [0.5, 0.6) is 0 Å². The number of hydrogen-bond acceptors (Lipinski definition) is 1. The first kappa shape index (κ1) is 18.2. The van der Waals surface area contributed by atoms with E-state index >= 15 is 0 Å². The van der Waals surface area contributed by atoms with E-state index in [1.807, 2.05) is 0 Å². The Morgan fingerprint density at radius 3 is 1.96 bits per heavy atom. The van der Waals surface area contributed by atoms with Crippen LogP contribution in [0.1, 0.15) is 39.0 Å². The van der Waals surface area contributed by atoms with E-state index in [1.165, 1.54) is 0 Å². The maximum atomic E-state index is 12.9. The molecule has 0 amide bonds. The lowest BCUT2D eigenvalue weighted by Gasteiger charge is -2.18. The van der Waals surface area contributed by atoms with Gasteiger partial charge in [0.15, 0.2) is 5.78 Å². The number of hydrogen-bond donors (Lipinski definition) is 0. The van der Waals surface area contributed by atoms with E-state index in [-0.39, 0.29) is 29.4 Å². The lowest BCUT2D eigenvalue weighted by molar-refractivity contribution is -0.143. The predicted molar refractivity (Wildman–Crippen MR) is 83.5 cm³/mol. The number of allylic oxidation sites excluding steroid dienone is 1. The molecule has 0 aromatic heterocycles. The van der Waals surface area contributed by atoms with Crippen LogP contribution in [-0.4, -0.2) is 5.78 Å². The highest BCUT2D eigenvalue weighted by Crippen LogP contribution is 2.37. The molecule has 7 heteroatoms. The number of fused-ring (bicyclic) bond motifs is 1. The Morgan fingerprint density at radius 1 is 0.808 bits per heavy atom. The van der Waals surface area contributed by atoms with Crippen LogP contribution in [0.15, 0.2) is 48.0 Å². The number of carbonyl (C=O) groups excluding carboxylic acids is 1. The maximum absolute atomic E-state index is 12.9. The van der Waals surface area contributed by atoms with Crippen LogP contribution in [0, 0.1) is 0 Å². The van der Waals surface area contributed by atoms with Crippen molar-refractivity contribution in [3.8, 4) is 0 Å². The van der Waals surface area contributed by atoms with Crippen LogP contribution in [0.4, 0.5) is 26.3 Å². The molecule has 0 bridgehead atoms. The first-order valence-corrected chi connectivity index (χ1v) is 7.68. The van der Waals surface area contributed by atoms with Crippen molar-refractivity contribution in [3.05, 3.63) is 75.9 Å². The van der Waals surface area contributed by atoms with E-state index in [4.69, 9.17) is 0 Å². The molecule has 0 saturated heterocycles. The molecule has 2 aromatic carbocycles. The minimum atomic E-state index is -4.92. The van der Waals surface area contributed by atoms with Gasteiger partial charge in [-0.25, -0.2) is 0 Å². The van der Waals surface area contributed by atoms with Gasteiger partial charge in [0.05, 0.1) is 11.1 Å². The summed E-state index contributed by atoms with van der Waals surface area (Å²) < 4.78 is 77.6. The fourth-order valence-electron chi connectivity index (χ4n) is 2.92. The first-order valence-electron chi connectivity index (χ1n) is 7.68. The SMILES string of the molecule is O=C1C(=Cc2cc(C(F)(F)F)cc(C(F)(F)F)c2)CCc2ccccc21. The largest absolute Gasteiger partial charge is 0.416 e.